The van der Waals surface area contributed by atoms with Gasteiger partial charge in [-0.15, -0.1) is 0 Å². The number of hydrogen-bond donors (Lipinski definition) is 1. The van der Waals surface area contributed by atoms with Crippen LogP contribution in [-0.2, 0) is 28.5 Å². The van der Waals surface area contributed by atoms with Crippen LogP contribution in [0.1, 0.15) is 81.1 Å². The van der Waals surface area contributed by atoms with Crippen molar-refractivity contribution in [3.8, 4) is 0 Å². The molecular formula is C34H56BrN3O8. The molecule has 1 N–H and O–H groups in total. The summed E-state index contributed by atoms with van der Waals surface area (Å²) in [6.07, 6.45) is -1.15. The van der Waals surface area contributed by atoms with Crippen LogP contribution < -0.4 is 0 Å². The molecule has 1 saturated carbocycles. The maximum absolute atomic E-state index is 14.4. The number of esters is 1. The van der Waals surface area contributed by atoms with Crippen LogP contribution in [0.15, 0.2) is 4.99 Å². The van der Waals surface area contributed by atoms with Crippen LogP contribution in [-0.4, -0.2) is 125 Å². The van der Waals surface area contributed by atoms with Crippen molar-refractivity contribution in [2.75, 3.05) is 34.3 Å². The van der Waals surface area contributed by atoms with Crippen molar-refractivity contribution in [2.24, 2.45) is 28.7 Å². The number of rotatable bonds is 5. The van der Waals surface area contributed by atoms with Gasteiger partial charge in [-0.2, -0.15) is 0 Å². The van der Waals surface area contributed by atoms with E-state index in [2.05, 4.69) is 36.7 Å². The first-order chi connectivity index (χ1) is 21.3. The number of methoxy groups -OCH3 is 1. The molecule has 3 heterocycles. The number of aliphatic imine (C=N–C) groups is 1. The number of halogens is 1. The van der Waals surface area contributed by atoms with Crippen molar-refractivity contribution >= 4 is 39.5 Å². The van der Waals surface area contributed by atoms with Crippen LogP contribution in [0.5, 0.6) is 0 Å². The van der Waals surface area contributed by atoms with Crippen LogP contribution in [0.2, 0.25) is 0 Å². The Bertz CT molecular complexity index is 1200. The van der Waals surface area contributed by atoms with Crippen molar-refractivity contribution in [3.05, 3.63) is 0 Å². The smallest absolute Gasteiger partial charge is 0.410 e. The molecular weight excluding hydrogens is 658 g/mol. The van der Waals surface area contributed by atoms with Gasteiger partial charge in [0.1, 0.15) is 6.10 Å². The monoisotopic (exact) mass is 713 g/mol. The van der Waals surface area contributed by atoms with Crippen LogP contribution in [0, 0.1) is 23.7 Å². The predicted octanol–water partition coefficient (Wildman–Crippen LogP) is 4.26. The largest absolute Gasteiger partial charge is 0.457 e. The van der Waals surface area contributed by atoms with E-state index >= 15 is 0 Å². The fraction of sp³-hybridized carbons (Fsp3) is 0.882. The third-order valence-electron chi connectivity index (χ3n) is 11.3. The molecule has 46 heavy (non-hydrogen) atoms. The number of ketones is 1. The summed E-state index contributed by atoms with van der Waals surface area (Å²) in [6, 6.07) is -0.550. The Morgan fingerprint density at radius 3 is 2.33 bits per heavy atom. The number of hydrogen-bond acceptors (Lipinski definition) is 10. The standard InChI is InChI=1S/C34H56BrN3O8/c1-12-24-34(8)27-20(4)25(36-13-14-38(27)31(42)46-34)19(3)17-32(6,43-11)29(21(5)28(40)33(7,35)30(41)45-24)44-23-16-18(2)15-22(26(23)39)37(9)10/h18-24,26-27,29,39H,12-17H2,1-11H3/t18-,19-,20-,21+,22+,23-,24+,26-,27-,29+,32+,33?,34-/m1/s1. The molecule has 2 saturated heterocycles. The molecule has 2 bridgehead atoms. The number of likely N-dealkylation sites (N-methyl/N-ethyl adjacent to an activating group) is 1. The molecule has 1 aliphatic carbocycles. The van der Waals surface area contributed by atoms with Crippen molar-refractivity contribution in [3.63, 3.8) is 0 Å². The fourth-order valence-corrected chi connectivity index (χ4v) is 9.24. The van der Waals surface area contributed by atoms with Gasteiger partial charge in [-0.05, 0) is 72.4 Å². The van der Waals surface area contributed by atoms with E-state index in [1.54, 1.807) is 18.9 Å². The first-order valence-electron chi connectivity index (χ1n) is 16.9. The summed E-state index contributed by atoms with van der Waals surface area (Å²) in [5.74, 6) is -2.08. The lowest BCUT2D eigenvalue weighted by Gasteiger charge is -2.48. The normalized spacial score (nSPS) is 45.9. The Hall–Kier alpha value is -1.60. The zero-order valence-electron chi connectivity index (χ0n) is 29.5. The Kier molecular flexibility index (Phi) is 11.1. The molecule has 0 radical (unpaired) electrons. The van der Waals surface area contributed by atoms with E-state index in [1.165, 1.54) is 6.92 Å². The van der Waals surface area contributed by atoms with E-state index in [4.69, 9.17) is 23.9 Å². The second kappa shape index (κ2) is 13.7. The first kappa shape index (κ1) is 37.2. The van der Waals surface area contributed by atoms with E-state index in [-0.39, 0.29) is 23.8 Å². The van der Waals surface area contributed by atoms with Gasteiger partial charge >= 0.3 is 12.1 Å². The molecule has 0 aromatic carbocycles. The van der Waals surface area contributed by atoms with Crippen molar-refractivity contribution in [1.82, 2.24) is 9.80 Å². The second-order valence-corrected chi connectivity index (χ2v) is 16.6. The summed E-state index contributed by atoms with van der Waals surface area (Å²) in [5.41, 5.74) is -1.27. The van der Waals surface area contributed by atoms with Gasteiger partial charge in [0.2, 0.25) is 0 Å². The SMILES string of the molecule is CC[C@@H]1OC(=O)C(C)(Br)C(=O)[C@H](C)[C@H](O[C@@H]2C[C@H](C)C[C@H](N(C)C)[C@H]2O)[C@@](C)(OC)C[C@@H](C)C2=NCCN3C(=O)O[C@@]1(C)[C@H]3[C@@H]2C. The van der Waals surface area contributed by atoms with Crippen LogP contribution in [0.4, 0.5) is 4.79 Å². The molecule has 262 valence electrons. The average molecular weight is 715 g/mol. The third kappa shape index (κ3) is 6.54. The number of carbonyl (C=O) groups is 3. The number of cyclic esters (lactones) is 1. The second-order valence-electron chi connectivity index (χ2n) is 15.1. The van der Waals surface area contributed by atoms with Crippen molar-refractivity contribution in [2.45, 2.75) is 133 Å². The van der Waals surface area contributed by atoms with Gasteiger partial charge in [-0.1, -0.05) is 50.5 Å². The minimum Gasteiger partial charge on any atom is -0.457 e. The lowest BCUT2D eigenvalue weighted by Crippen LogP contribution is -2.61. The van der Waals surface area contributed by atoms with E-state index in [1.807, 2.05) is 39.8 Å². The minimum atomic E-state index is -1.73. The van der Waals surface area contributed by atoms with E-state index in [0.29, 0.717) is 32.4 Å². The molecule has 13 atom stereocenters. The minimum absolute atomic E-state index is 0.108. The highest BCUT2D eigenvalue weighted by molar-refractivity contribution is 9.10. The maximum Gasteiger partial charge on any atom is 0.410 e. The number of Topliss-reactive ketones (excluding diaryl/α,β-unsaturated/α-hetero) is 1. The maximum atomic E-state index is 14.4. The van der Waals surface area contributed by atoms with Crippen LogP contribution >= 0.6 is 15.9 Å². The molecule has 4 rings (SSSR count). The highest BCUT2D eigenvalue weighted by Gasteiger charge is 2.61. The quantitative estimate of drug-likeness (QED) is 0.253. The van der Waals surface area contributed by atoms with Crippen molar-refractivity contribution < 1.29 is 38.4 Å². The molecule has 0 aromatic heterocycles. The summed E-state index contributed by atoms with van der Waals surface area (Å²) in [7, 11) is 5.51. The Morgan fingerprint density at radius 2 is 1.74 bits per heavy atom. The van der Waals surface area contributed by atoms with Gasteiger partial charge in [0.15, 0.2) is 15.7 Å². The van der Waals surface area contributed by atoms with E-state index in [9.17, 15) is 19.5 Å². The molecule has 11 nitrogen and oxygen atoms in total. The Balaban J connectivity index is 1.84. The highest BCUT2D eigenvalue weighted by atomic mass is 79.9. The molecule has 1 unspecified atom stereocenters. The number of alkyl halides is 1. The van der Waals surface area contributed by atoms with Gasteiger partial charge in [-0.25, -0.2) is 4.79 Å². The van der Waals surface area contributed by atoms with E-state index in [0.717, 1.165) is 12.1 Å². The van der Waals surface area contributed by atoms with Crippen molar-refractivity contribution in [1.29, 1.82) is 0 Å². The highest BCUT2D eigenvalue weighted by Crippen LogP contribution is 2.45. The Labute approximate surface area is 283 Å². The third-order valence-corrected chi connectivity index (χ3v) is 12.1. The molecule has 4 aliphatic rings. The van der Waals surface area contributed by atoms with Gasteiger partial charge < -0.3 is 29.0 Å². The summed E-state index contributed by atoms with van der Waals surface area (Å²) in [4.78, 5) is 50.4. The zero-order chi connectivity index (χ0) is 34.5. The number of carbonyl (C=O) groups excluding carboxylic acids is 3. The molecule has 1 amide bonds. The Morgan fingerprint density at radius 1 is 1.09 bits per heavy atom. The van der Waals surface area contributed by atoms with Gasteiger partial charge in [0, 0.05) is 37.2 Å². The molecule has 12 heteroatoms. The van der Waals surface area contributed by atoms with Crippen LogP contribution in [0.3, 0.4) is 0 Å². The number of aliphatic hydroxyl groups is 1. The summed E-state index contributed by atoms with van der Waals surface area (Å²) in [5, 5.41) is 11.5. The van der Waals surface area contributed by atoms with Gasteiger partial charge in [0.05, 0.1) is 36.5 Å². The summed E-state index contributed by atoms with van der Waals surface area (Å²) >= 11 is 3.46. The van der Waals surface area contributed by atoms with Crippen LogP contribution in [0.25, 0.3) is 0 Å². The lowest BCUT2D eigenvalue weighted by atomic mass is 9.73. The van der Waals surface area contributed by atoms with Gasteiger partial charge in [0.25, 0.3) is 0 Å². The number of nitrogens with zero attached hydrogens (tertiary/aromatic N) is 3. The number of fused-ring (bicyclic) bond motifs is 1. The van der Waals surface area contributed by atoms with Gasteiger partial charge in [-0.3, -0.25) is 19.5 Å². The van der Waals surface area contributed by atoms with E-state index < -0.39 is 69.7 Å². The number of amides is 1. The topological polar surface area (TPSA) is 127 Å². The number of ether oxygens (including phenoxy) is 4. The molecule has 0 aromatic rings. The summed E-state index contributed by atoms with van der Waals surface area (Å²) in [6.45, 7) is 16.0. The predicted molar refractivity (Wildman–Crippen MR) is 178 cm³/mol. The molecule has 0 spiro atoms. The zero-order valence-corrected chi connectivity index (χ0v) is 31.1. The average Bonchev–Trinajstić information content (AvgIpc) is 3.11. The molecule has 3 fully saturated rings. The molecule has 3 aliphatic heterocycles. The number of aliphatic hydroxyl groups excluding tert-OH is 1. The summed E-state index contributed by atoms with van der Waals surface area (Å²) < 4.78 is 23.7. The fourth-order valence-electron chi connectivity index (χ4n) is 8.78. The first-order valence-corrected chi connectivity index (χ1v) is 17.7. The lowest BCUT2D eigenvalue weighted by molar-refractivity contribution is -0.204.